The van der Waals surface area contributed by atoms with Gasteiger partial charge in [-0.3, -0.25) is 4.79 Å². The molecule has 6 nitrogen and oxygen atoms in total. The first-order valence-corrected chi connectivity index (χ1v) is 8.25. The Morgan fingerprint density at radius 1 is 1.07 bits per heavy atom. The highest BCUT2D eigenvalue weighted by molar-refractivity contribution is 5.92. The Kier molecular flexibility index (Phi) is 6.39. The Morgan fingerprint density at radius 2 is 1.74 bits per heavy atom. The molecule has 2 aromatic rings. The van der Waals surface area contributed by atoms with E-state index >= 15 is 0 Å². The summed E-state index contributed by atoms with van der Waals surface area (Å²) in [6.07, 6.45) is 0. The lowest BCUT2D eigenvalue weighted by molar-refractivity contribution is -0.134. The molecule has 27 heavy (non-hydrogen) atoms. The van der Waals surface area contributed by atoms with E-state index in [4.69, 9.17) is 14.2 Å². The number of hydrogen-bond acceptors (Lipinski definition) is 5. The van der Waals surface area contributed by atoms with Gasteiger partial charge < -0.3 is 19.5 Å². The Bertz CT molecular complexity index is 818. The van der Waals surface area contributed by atoms with Gasteiger partial charge in [-0.1, -0.05) is 6.07 Å². The third kappa shape index (κ3) is 5.20. The molecule has 1 N–H and O–H groups in total. The summed E-state index contributed by atoms with van der Waals surface area (Å²) in [7, 11) is 2.74. The van der Waals surface area contributed by atoms with E-state index in [1.807, 2.05) is 0 Å². The number of hydrogen-bond donors (Lipinski definition) is 1. The van der Waals surface area contributed by atoms with Crippen molar-refractivity contribution in [2.75, 3.05) is 14.2 Å². The Balaban J connectivity index is 2.05. The average molecular weight is 375 g/mol. The fourth-order valence-corrected chi connectivity index (χ4v) is 2.37. The lowest BCUT2D eigenvalue weighted by Gasteiger charge is -2.25. The highest BCUT2D eigenvalue weighted by Crippen LogP contribution is 2.22. The maximum Gasteiger partial charge on any atom is 0.341 e. The molecule has 0 aliphatic heterocycles. The summed E-state index contributed by atoms with van der Waals surface area (Å²) >= 11 is 0. The zero-order valence-corrected chi connectivity index (χ0v) is 15.7. The molecule has 0 fully saturated rings. The summed E-state index contributed by atoms with van der Waals surface area (Å²) in [6, 6.07) is 10.4. The number of amides is 1. The fraction of sp³-hybridized carbons (Fsp3) is 0.300. The molecular weight excluding hydrogens is 353 g/mol. The van der Waals surface area contributed by atoms with Crippen LogP contribution < -0.4 is 14.8 Å². The molecule has 1 amide bonds. The number of nitrogens with one attached hydrogen (secondary N) is 1. The number of carbonyl (C=O) groups excluding carboxylic acids is 2. The fourth-order valence-electron chi connectivity index (χ4n) is 2.37. The molecule has 0 aliphatic rings. The zero-order chi connectivity index (χ0) is 20.0. The van der Waals surface area contributed by atoms with Crippen LogP contribution in [0.4, 0.5) is 4.39 Å². The molecular formula is C20H22FNO5. The predicted octanol–water partition coefficient (Wildman–Crippen LogP) is 3.09. The lowest BCUT2D eigenvalue weighted by atomic mass is 10.1. The van der Waals surface area contributed by atoms with Crippen LogP contribution >= 0.6 is 0 Å². The second kappa shape index (κ2) is 8.53. The highest BCUT2D eigenvalue weighted by atomic mass is 19.1. The second-order valence-corrected chi connectivity index (χ2v) is 6.28. The van der Waals surface area contributed by atoms with Gasteiger partial charge in [-0.25, -0.2) is 9.18 Å². The molecule has 0 saturated carbocycles. The van der Waals surface area contributed by atoms with Crippen LogP contribution in [0, 0.1) is 5.82 Å². The van der Waals surface area contributed by atoms with Crippen LogP contribution in [0.3, 0.4) is 0 Å². The van der Waals surface area contributed by atoms with Crippen molar-refractivity contribution in [3.05, 3.63) is 59.4 Å². The molecule has 144 valence electrons. The summed E-state index contributed by atoms with van der Waals surface area (Å²) in [6.45, 7) is 3.40. The third-order valence-electron chi connectivity index (χ3n) is 3.86. The van der Waals surface area contributed by atoms with Gasteiger partial charge in [-0.05, 0) is 55.8 Å². The van der Waals surface area contributed by atoms with Crippen LogP contribution in [0.1, 0.15) is 29.8 Å². The van der Waals surface area contributed by atoms with Gasteiger partial charge in [0.25, 0.3) is 5.91 Å². The quantitative estimate of drug-likeness (QED) is 0.753. The van der Waals surface area contributed by atoms with Crippen molar-refractivity contribution in [2.24, 2.45) is 0 Å². The molecule has 0 aliphatic carbocycles. The van der Waals surface area contributed by atoms with Gasteiger partial charge in [0, 0.05) is 6.54 Å². The number of halogens is 1. The minimum absolute atomic E-state index is 0.184. The van der Waals surface area contributed by atoms with Crippen molar-refractivity contribution in [3.63, 3.8) is 0 Å². The van der Waals surface area contributed by atoms with E-state index in [0.717, 1.165) is 0 Å². The summed E-state index contributed by atoms with van der Waals surface area (Å²) in [4.78, 5) is 24.3. The maximum atomic E-state index is 13.0. The number of carbonyl (C=O) groups is 2. The van der Waals surface area contributed by atoms with Crippen molar-refractivity contribution < 1.29 is 28.2 Å². The molecule has 2 rings (SSSR count). The Morgan fingerprint density at radius 3 is 2.33 bits per heavy atom. The predicted molar refractivity (Wildman–Crippen MR) is 97.3 cm³/mol. The van der Waals surface area contributed by atoms with Gasteiger partial charge in [0.05, 0.1) is 14.2 Å². The van der Waals surface area contributed by atoms with E-state index in [2.05, 4.69) is 5.32 Å². The van der Waals surface area contributed by atoms with E-state index in [1.165, 1.54) is 38.5 Å². The van der Waals surface area contributed by atoms with Gasteiger partial charge in [0.2, 0.25) is 0 Å². The maximum absolute atomic E-state index is 13.0. The number of ether oxygens (including phenoxy) is 3. The van der Waals surface area contributed by atoms with Crippen molar-refractivity contribution >= 4 is 11.9 Å². The summed E-state index contributed by atoms with van der Waals surface area (Å²) in [5.74, 6) is -0.501. The summed E-state index contributed by atoms with van der Waals surface area (Å²) < 4.78 is 28.5. The Hall–Kier alpha value is -3.09. The molecule has 0 unspecified atom stereocenters. The molecule has 0 atom stereocenters. The molecule has 0 bridgehead atoms. The summed E-state index contributed by atoms with van der Waals surface area (Å²) in [5.41, 5.74) is -0.203. The number of rotatable bonds is 7. The molecule has 0 aromatic heterocycles. The lowest BCUT2D eigenvalue weighted by Crippen LogP contribution is -2.46. The standard InChI is InChI=1S/C20H22FNO5/c1-20(2,27-15-8-6-14(21)7-9-15)19(24)22-12-13-5-10-17(25-3)16(11-13)18(23)26-4/h5-11H,12H2,1-4H3,(H,22,24). The van der Waals surface area contributed by atoms with E-state index in [-0.39, 0.29) is 23.8 Å². The van der Waals surface area contributed by atoms with Crippen LogP contribution in [0.2, 0.25) is 0 Å². The first-order chi connectivity index (χ1) is 12.8. The largest absolute Gasteiger partial charge is 0.496 e. The zero-order valence-electron chi connectivity index (χ0n) is 15.7. The molecule has 2 aromatic carbocycles. The number of methoxy groups -OCH3 is 2. The van der Waals surface area contributed by atoms with Crippen LogP contribution in [-0.4, -0.2) is 31.7 Å². The molecule has 7 heteroatoms. The molecule has 0 saturated heterocycles. The SMILES string of the molecule is COC(=O)c1cc(CNC(=O)C(C)(C)Oc2ccc(F)cc2)ccc1OC. The van der Waals surface area contributed by atoms with Crippen molar-refractivity contribution in [3.8, 4) is 11.5 Å². The van der Waals surface area contributed by atoms with E-state index in [9.17, 15) is 14.0 Å². The van der Waals surface area contributed by atoms with Crippen LogP contribution in [0.25, 0.3) is 0 Å². The molecule has 0 spiro atoms. The number of benzene rings is 2. The highest BCUT2D eigenvalue weighted by Gasteiger charge is 2.29. The minimum atomic E-state index is -1.17. The van der Waals surface area contributed by atoms with Crippen LogP contribution in [0.15, 0.2) is 42.5 Å². The van der Waals surface area contributed by atoms with Gasteiger partial charge in [-0.15, -0.1) is 0 Å². The van der Waals surface area contributed by atoms with Crippen LogP contribution in [-0.2, 0) is 16.1 Å². The van der Waals surface area contributed by atoms with Gasteiger partial charge >= 0.3 is 5.97 Å². The minimum Gasteiger partial charge on any atom is -0.496 e. The van der Waals surface area contributed by atoms with Gasteiger partial charge in [0.1, 0.15) is 22.9 Å². The molecule has 0 radical (unpaired) electrons. The normalized spacial score (nSPS) is 10.9. The van der Waals surface area contributed by atoms with Crippen molar-refractivity contribution in [1.82, 2.24) is 5.32 Å². The van der Waals surface area contributed by atoms with Crippen molar-refractivity contribution in [1.29, 1.82) is 0 Å². The monoisotopic (exact) mass is 375 g/mol. The van der Waals surface area contributed by atoms with Gasteiger partial charge in [0.15, 0.2) is 5.60 Å². The summed E-state index contributed by atoms with van der Waals surface area (Å²) in [5, 5.41) is 2.76. The third-order valence-corrected chi connectivity index (χ3v) is 3.86. The first-order valence-electron chi connectivity index (χ1n) is 8.25. The van der Waals surface area contributed by atoms with Crippen LogP contribution in [0.5, 0.6) is 11.5 Å². The average Bonchev–Trinajstić information content (AvgIpc) is 2.66. The second-order valence-electron chi connectivity index (χ2n) is 6.28. The first kappa shape index (κ1) is 20.2. The topological polar surface area (TPSA) is 73.9 Å². The smallest absolute Gasteiger partial charge is 0.341 e. The van der Waals surface area contributed by atoms with Crippen molar-refractivity contribution in [2.45, 2.75) is 26.0 Å². The van der Waals surface area contributed by atoms with E-state index < -0.39 is 11.6 Å². The Labute approximate surface area is 157 Å². The van der Waals surface area contributed by atoms with E-state index in [1.54, 1.807) is 32.0 Å². The van der Waals surface area contributed by atoms with Gasteiger partial charge in [-0.2, -0.15) is 0 Å². The molecule has 0 heterocycles. The number of esters is 1. The van der Waals surface area contributed by atoms with E-state index in [0.29, 0.717) is 17.1 Å².